The second kappa shape index (κ2) is 7.82. The van der Waals surface area contributed by atoms with Gasteiger partial charge in [0.2, 0.25) is 5.91 Å². The highest BCUT2D eigenvalue weighted by Gasteiger charge is 2.36. The van der Waals surface area contributed by atoms with Crippen molar-refractivity contribution in [3.05, 3.63) is 30.1 Å². The molecule has 8 heteroatoms. The van der Waals surface area contributed by atoms with E-state index in [0.29, 0.717) is 13.1 Å². The van der Waals surface area contributed by atoms with Crippen LogP contribution in [0.4, 0.5) is 23.2 Å². The fourth-order valence-corrected chi connectivity index (χ4v) is 3.76. The average Bonchev–Trinajstić information content (AvgIpc) is 2.61. The number of benzene rings is 1. The third-order valence-electron chi connectivity index (χ3n) is 5.12. The van der Waals surface area contributed by atoms with Gasteiger partial charge in [0.15, 0.2) is 0 Å². The van der Waals surface area contributed by atoms with Crippen LogP contribution in [0.15, 0.2) is 24.3 Å². The lowest BCUT2D eigenvalue weighted by molar-refractivity contribution is -0.162. The number of piperidine rings is 1. The molecule has 0 aromatic heterocycles. The van der Waals surface area contributed by atoms with Crippen molar-refractivity contribution in [2.75, 3.05) is 44.2 Å². The van der Waals surface area contributed by atoms with Crippen molar-refractivity contribution in [3.63, 3.8) is 0 Å². The number of piperazine rings is 1. The van der Waals surface area contributed by atoms with E-state index in [1.54, 1.807) is 12.1 Å². The van der Waals surface area contributed by atoms with Gasteiger partial charge in [-0.25, -0.2) is 4.39 Å². The molecular weight excluding hydrogens is 350 g/mol. The van der Waals surface area contributed by atoms with Gasteiger partial charge in [-0.3, -0.25) is 9.69 Å². The first kappa shape index (κ1) is 18.9. The van der Waals surface area contributed by atoms with E-state index in [-0.39, 0.29) is 11.9 Å². The topological polar surface area (TPSA) is 26.8 Å². The Morgan fingerprint density at radius 2 is 1.69 bits per heavy atom. The predicted octanol–water partition coefficient (Wildman–Crippen LogP) is 2.89. The zero-order chi connectivity index (χ0) is 18.7. The van der Waals surface area contributed by atoms with Gasteiger partial charge in [0.25, 0.3) is 0 Å². The van der Waals surface area contributed by atoms with Crippen molar-refractivity contribution in [1.82, 2.24) is 9.80 Å². The van der Waals surface area contributed by atoms with E-state index in [4.69, 9.17) is 0 Å². The van der Waals surface area contributed by atoms with E-state index in [1.165, 1.54) is 17.0 Å². The Morgan fingerprint density at radius 3 is 2.31 bits per heavy atom. The van der Waals surface area contributed by atoms with Crippen molar-refractivity contribution in [1.29, 1.82) is 0 Å². The van der Waals surface area contributed by atoms with Gasteiger partial charge in [0.05, 0.1) is 0 Å². The third kappa shape index (κ3) is 4.87. The van der Waals surface area contributed by atoms with Crippen LogP contribution in [0, 0.1) is 5.82 Å². The van der Waals surface area contributed by atoms with Crippen LogP contribution < -0.4 is 4.90 Å². The molecule has 2 aliphatic heterocycles. The van der Waals surface area contributed by atoms with Gasteiger partial charge in [0, 0.05) is 51.0 Å². The maximum Gasteiger partial charge on any atom is 0.397 e. The predicted molar refractivity (Wildman–Crippen MR) is 90.5 cm³/mol. The first-order valence-corrected chi connectivity index (χ1v) is 8.91. The van der Waals surface area contributed by atoms with Crippen LogP contribution in [0.25, 0.3) is 0 Å². The van der Waals surface area contributed by atoms with Crippen LogP contribution in [0.5, 0.6) is 0 Å². The Morgan fingerprint density at radius 1 is 1.04 bits per heavy atom. The lowest BCUT2D eigenvalue weighted by Crippen LogP contribution is -2.56. The summed E-state index contributed by atoms with van der Waals surface area (Å²) in [6, 6.07) is 6.49. The quantitative estimate of drug-likeness (QED) is 0.763. The maximum absolute atomic E-state index is 13.0. The number of alkyl halides is 3. The first-order chi connectivity index (χ1) is 12.3. The highest BCUT2D eigenvalue weighted by atomic mass is 19.4. The van der Waals surface area contributed by atoms with Gasteiger partial charge < -0.3 is 9.80 Å². The van der Waals surface area contributed by atoms with Crippen molar-refractivity contribution in [2.24, 2.45) is 0 Å². The van der Waals surface area contributed by atoms with Gasteiger partial charge in [0.1, 0.15) is 12.2 Å². The number of likely N-dealkylation sites (tertiary alicyclic amines) is 1. The number of hydrogen-bond acceptors (Lipinski definition) is 3. The minimum absolute atomic E-state index is 0.108. The monoisotopic (exact) mass is 373 g/mol. The molecule has 0 spiro atoms. The van der Waals surface area contributed by atoms with Crippen LogP contribution in [0.1, 0.15) is 19.3 Å². The van der Waals surface area contributed by atoms with Crippen molar-refractivity contribution in [2.45, 2.75) is 31.5 Å². The molecule has 2 fully saturated rings. The number of hydrogen-bond donors (Lipinski definition) is 0. The molecule has 1 aromatic carbocycles. The molecule has 0 aliphatic carbocycles. The summed E-state index contributed by atoms with van der Waals surface area (Å²) < 4.78 is 50.4. The van der Waals surface area contributed by atoms with E-state index in [9.17, 15) is 22.4 Å². The zero-order valence-electron chi connectivity index (χ0n) is 14.5. The van der Waals surface area contributed by atoms with Crippen LogP contribution in [-0.4, -0.2) is 67.2 Å². The first-order valence-electron chi connectivity index (χ1n) is 8.91. The number of carbonyl (C=O) groups is 1. The minimum Gasteiger partial charge on any atom is -0.369 e. The van der Waals surface area contributed by atoms with E-state index in [0.717, 1.165) is 44.7 Å². The minimum atomic E-state index is -4.45. The van der Waals surface area contributed by atoms with Crippen LogP contribution in [0.2, 0.25) is 0 Å². The number of amides is 1. The molecule has 2 aliphatic rings. The smallest absolute Gasteiger partial charge is 0.369 e. The fourth-order valence-electron chi connectivity index (χ4n) is 3.76. The van der Waals surface area contributed by atoms with Crippen LogP contribution >= 0.6 is 0 Å². The molecule has 0 bridgehead atoms. The summed E-state index contributed by atoms with van der Waals surface area (Å²) in [4.78, 5) is 17.6. The van der Waals surface area contributed by atoms with E-state index >= 15 is 0 Å². The Labute approximate surface area is 150 Å². The van der Waals surface area contributed by atoms with E-state index < -0.39 is 18.5 Å². The fraction of sp³-hybridized carbons (Fsp3) is 0.611. The van der Waals surface area contributed by atoms with E-state index in [2.05, 4.69) is 9.80 Å². The van der Waals surface area contributed by atoms with Gasteiger partial charge >= 0.3 is 6.18 Å². The lowest BCUT2D eigenvalue weighted by Gasteiger charge is -2.44. The summed E-state index contributed by atoms with van der Waals surface area (Å²) in [5.41, 5.74) is 0.969. The molecule has 4 nitrogen and oxygen atoms in total. The molecule has 0 N–H and O–H groups in total. The maximum atomic E-state index is 13.0. The number of carbonyl (C=O) groups excluding carboxylic acids is 1. The SMILES string of the molecule is O=C(CC(F)(F)F)N1CCC[C@@H](N2CCN(c3ccc(F)cc3)CC2)C1. The summed E-state index contributed by atoms with van der Waals surface area (Å²) in [6.07, 6.45) is -4.21. The molecule has 0 unspecified atom stereocenters. The highest BCUT2D eigenvalue weighted by Crippen LogP contribution is 2.24. The number of anilines is 1. The van der Waals surface area contributed by atoms with Gasteiger partial charge in [-0.05, 0) is 37.1 Å². The third-order valence-corrected chi connectivity index (χ3v) is 5.12. The zero-order valence-corrected chi connectivity index (χ0v) is 14.5. The van der Waals surface area contributed by atoms with Gasteiger partial charge in [-0.2, -0.15) is 13.2 Å². The molecule has 3 rings (SSSR count). The van der Waals surface area contributed by atoms with Crippen LogP contribution in [-0.2, 0) is 4.79 Å². The number of nitrogens with zero attached hydrogens (tertiary/aromatic N) is 3. The molecular formula is C18H23F4N3O. The Balaban J connectivity index is 1.52. The van der Waals surface area contributed by atoms with Crippen molar-refractivity contribution < 1.29 is 22.4 Å². The molecule has 144 valence electrons. The summed E-state index contributed by atoms with van der Waals surface area (Å²) >= 11 is 0. The van der Waals surface area contributed by atoms with Crippen molar-refractivity contribution in [3.8, 4) is 0 Å². The second-order valence-electron chi connectivity index (χ2n) is 6.93. The second-order valence-corrected chi connectivity index (χ2v) is 6.93. The standard InChI is InChI=1S/C18H23F4N3O/c19-14-3-5-15(6-4-14)23-8-10-24(11-9-23)16-2-1-7-25(13-16)17(26)12-18(20,21)22/h3-6,16H,1-2,7-13H2/t16-/m1/s1. The Kier molecular flexibility index (Phi) is 5.70. The molecule has 0 saturated carbocycles. The summed E-state index contributed by atoms with van der Waals surface area (Å²) in [6.45, 7) is 3.89. The molecule has 2 saturated heterocycles. The molecule has 1 aromatic rings. The molecule has 0 radical (unpaired) electrons. The molecule has 26 heavy (non-hydrogen) atoms. The Bertz CT molecular complexity index is 612. The van der Waals surface area contributed by atoms with Crippen molar-refractivity contribution >= 4 is 11.6 Å². The normalized spacial score (nSPS) is 22.5. The van der Waals surface area contributed by atoms with E-state index in [1.807, 2.05) is 0 Å². The summed E-state index contributed by atoms with van der Waals surface area (Å²) in [5, 5.41) is 0. The molecule has 2 heterocycles. The summed E-state index contributed by atoms with van der Waals surface area (Å²) in [7, 11) is 0. The Hall–Kier alpha value is -1.83. The molecule has 1 atom stereocenters. The number of halogens is 4. The lowest BCUT2D eigenvalue weighted by atomic mass is 10.0. The summed E-state index contributed by atoms with van der Waals surface area (Å²) in [5.74, 6) is -1.09. The molecule has 1 amide bonds. The number of rotatable bonds is 3. The van der Waals surface area contributed by atoms with Gasteiger partial charge in [-0.15, -0.1) is 0 Å². The van der Waals surface area contributed by atoms with Gasteiger partial charge in [-0.1, -0.05) is 0 Å². The largest absolute Gasteiger partial charge is 0.397 e. The van der Waals surface area contributed by atoms with Crippen LogP contribution in [0.3, 0.4) is 0 Å². The average molecular weight is 373 g/mol. The highest BCUT2D eigenvalue weighted by molar-refractivity contribution is 5.77.